The third kappa shape index (κ3) is 8.19. The first kappa shape index (κ1) is 27.9. The van der Waals surface area contributed by atoms with E-state index in [9.17, 15) is 14.4 Å². The van der Waals surface area contributed by atoms with Gasteiger partial charge in [0.1, 0.15) is 11.1 Å². The lowest BCUT2D eigenvalue weighted by Gasteiger charge is -2.24. The minimum absolute atomic E-state index is 0.0458. The van der Waals surface area contributed by atoms with Crippen molar-refractivity contribution < 1.29 is 19.1 Å². The Balaban J connectivity index is 1.27. The van der Waals surface area contributed by atoms with Crippen LogP contribution in [0.1, 0.15) is 46.3 Å². The normalized spacial score (nSPS) is 15.1. The number of hydrogen-bond donors (Lipinski definition) is 2. The SMILES string of the molecule is CC(C)CNC(=O)COc1ccc(C=NNC(=O)c2ccc(C3SCC(=O)N3Cc3ccccc3)cc2)cc1. The van der Waals surface area contributed by atoms with Crippen LogP contribution in [0.4, 0.5) is 0 Å². The summed E-state index contributed by atoms with van der Waals surface area (Å²) < 4.78 is 5.49. The van der Waals surface area contributed by atoms with E-state index in [0.29, 0.717) is 36.1 Å². The second kappa shape index (κ2) is 13.6. The third-order valence-corrected chi connectivity index (χ3v) is 7.22. The van der Waals surface area contributed by atoms with Gasteiger partial charge in [0.2, 0.25) is 5.91 Å². The number of carbonyl (C=O) groups excluding carboxylic acids is 3. The van der Waals surface area contributed by atoms with Gasteiger partial charge in [-0.05, 0) is 59.0 Å². The summed E-state index contributed by atoms with van der Waals surface area (Å²) in [6, 6.07) is 24.2. The van der Waals surface area contributed by atoms with E-state index in [2.05, 4.69) is 15.8 Å². The number of carbonyl (C=O) groups is 3. The Bertz CT molecular complexity index is 1290. The molecule has 39 heavy (non-hydrogen) atoms. The van der Waals surface area contributed by atoms with E-state index in [4.69, 9.17) is 4.74 Å². The maximum atomic E-state index is 12.6. The van der Waals surface area contributed by atoms with Gasteiger partial charge in [0, 0.05) is 18.7 Å². The van der Waals surface area contributed by atoms with Crippen molar-refractivity contribution in [1.82, 2.24) is 15.6 Å². The van der Waals surface area contributed by atoms with Gasteiger partial charge in [-0.2, -0.15) is 5.10 Å². The Labute approximate surface area is 232 Å². The molecule has 3 aromatic carbocycles. The molecule has 3 aromatic rings. The molecular weight excluding hydrogens is 512 g/mol. The first-order valence-corrected chi connectivity index (χ1v) is 13.8. The topological polar surface area (TPSA) is 100 Å². The number of nitrogens with zero attached hydrogens (tertiary/aromatic N) is 2. The van der Waals surface area contributed by atoms with Crippen LogP contribution in [-0.2, 0) is 16.1 Å². The number of thioether (sulfide) groups is 1. The van der Waals surface area contributed by atoms with Crippen LogP contribution in [0, 0.1) is 5.92 Å². The van der Waals surface area contributed by atoms with Crippen molar-refractivity contribution in [1.29, 1.82) is 0 Å². The molecule has 1 atom stereocenters. The van der Waals surface area contributed by atoms with Gasteiger partial charge in [0.25, 0.3) is 11.8 Å². The minimum Gasteiger partial charge on any atom is -0.484 e. The molecule has 1 aliphatic heterocycles. The zero-order valence-electron chi connectivity index (χ0n) is 22.0. The summed E-state index contributed by atoms with van der Waals surface area (Å²) in [5.74, 6) is 1.00. The Morgan fingerprint density at radius 3 is 2.46 bits per heavy atom. The maximum Gasteiger partial charge on any atom is 0.271 e. The molecule has 8 nitrogen and oxygen atoms in total. The minimum atomic E-state index is -0.332. The van der Waals surface area contributed by atoms with Gasteiger partial charge < -0.3 is 15.0 Å². The van der Waals surface area contributed by atoms with Crippen LogP contribution in [0.25, 0.3) is 0 Å². The predicted molar refractivity (Wildman–Crippen MR) is 153 cm³/mol. The second-order valence-electron chi connectivity index (χ2n) is 9.55. The van der Waals surface area contributed by atoms with Gasteiger partial charge in [0.15, 0.2) is 6.61 Å². The van der Waals surface area contributed by atoms with Gasteiger partial charge in [-0.25, -0.2) is 5.43 Å². The zero-order valence-corrected chi connectivity index (χ0v) is 22.8. The summed E-state index contributed by atoms with van der Waals surface area (Å²) in [5.41, 5.74) is 5.83. The van der Waals surface area contributed by atoms with Crippen molar-refractivity contribution in [3.05, 3.63) is 101 Å². The van der Waals surface area contributed by atoms with Gasteiger partial charge >= 0.3 is 0 Å². The molecule has 1 unspecified atom stereocenters. The van der Waals surface area contributed by atoms with Crippen LogP contribution >= 0.6 is 11.8 Å². The van der Waals surface area contributed by atoms with Crippen molar-refractivity contribution in [3.8, 4) is 5.75 Å². The van der Waals surface area contributed by atoms with Crippen LogP contribution in [0.3, 0.4) is 0 Å². The van der Waals surface area contributed by atoms with E-state index >= 15 is 0 Å². The highest BCUT2D eigenvalue weighted by Gasteiger charge is 2.32. The van der Waals surface area contributed by atoms with Crippen molar-refractivity contribution >= 4 is 35.7 Å². The number of benzene rings is 3. The molecule has 2 N–H and O–H groups in total. The highest BCUT2D eigenvalue weighted by atomic mass is 32.2. The summed E-state index contributed by atoms with van der Waals surface area (Å²) in [6.45, 7) is 5.17. The highest BCUT2D eigenvalue weighted by Crippen LogP contribution is 2.39. The Morgan fingerprint density at radius 1 is 1.05 bits per heavy atom. The van der Waals surface area contributed by atoms with Crippen molar-refractivity contribution in [2.24, 2.45) is 11.0 Å². The van der Waals surface area contributed by atoms with E-state index in [1.807, 2.05) is 61.2 Å². The van der Waals surface area contributed by atoms with Crippen molar-refractivity contribution in [2.75, 3.05) is 18.9 Å². The van der Waals surface area contributed by atoms with Crippen molar-refractivity contribution in [3.63, 3.8) is 0 Å². The summed E-state index contributed by atoms with van der Waals surface area (Å²) in [7, 11) is 0. The first-order chi connectivity index (χ1) is 18.9. The van der Waals surface area contributed by atoms with Crippen LogP contribution in [-0.4, -0.2) is 47.7 Å². The lowest BCUT2D eigenvalue weighted by molar-refractivity contribution is -0.128. The smallest absolute Gasteiger partial charge is 0.271 e. The van der Waals surface area contributed by atoms with Crippen LogP contribution in [0.2, 0.25) is 0 Å². The fourth-order valence-electron chi connectivity index (χ4n) is 3.88. The van der Waals surface area contributed by atoms with E-state index in [1.54, 1.807) is 48.2 Å². The zero-order chi connectivity index (χ0) is 27.6. The third-order valence-electron chi connectivity index (χ3n) is 5.96. The van der Waals surface area contributed by atoms with E-state index in [1.165, 1.54) is 6.21 Å². The predicted octanol–water partition coefficient (Wildman–Crippen LogP) is 4.38. The van der Waals surface area contributed by atoms with Gasteiger partial charge in [0.05, 0.1) is 12.0 Å². The lowest BCUT2D eigenvalue weighted by atomic mass is 10.1. The van der Waals surface area contributed by atoms with Gasteiger partial charge in [-0.1, -0.05) is 56.3 Å². The number of ether oxygens (including phenoxy) is 1. The van der Waals surface area contributed by atoms with Gasteiger partial charge in [-0.3, -0.25) is 14.4 Å². The average Bonchev–Trinajstić information content (AvgIpc) is 3.31. The summed E-state index contributed by atoms with van der Waals surface area (Å²) >= 11 is 1.59. The molecule has 9 heteroatoms. The van der Waals surface area contributed by atoms with E-state index < -0.39 is 0 Å². The fraction of sp³-hybridized carbons (Fsp3) is 0.267. The number of amides is 3. The monoisotopic (exact) mass is 544 g/mol. The molecule has 0 spiro atoms. The lowest BCUT2D eigenvalue weighted by Crippen LogP contribution is -2.31. The van der Waals surface area contributed by atoms with E-state index in [-0.39, 0.29) is 29.7 Å². The molecule has 1 fully saturated rings. The number of hydrogen-bond acceptors (Lipinski definition) is 6. The molecule has 0 aromatic heterocycles. The Morgan fingerprint density at radius 2 is 1.77 bits per heavy atom. The van der Waals surface area contributed by atoms with Crippen LogP contribution < -0.4 is 15.5 Å². The van der Waals surface area contributed by atoms with Gasteiger partial charge in [-0.15, -0.1) is 11.8 Å². The average molecular weight is 545 g/mol. The molecule has 0 saturated carbocycles. The second-order valence-corrected chi connectivity index (χ2v) is 10.6. The number of hydrazone groups is 1. The Hall–Kier alpha value is -4.11. The molecule has 1 heterocycles. The summed E-state index contributed by atoms with van der Waals surface area (Å²) in [4.78, 5) is 38.7. The van der Waals surface area contributed by atoms with Crippen LogP contribution in [0.15, 0.2) is 84.0 Å². The maximum absolute atomic E-state index is 12.6. The molecular formula is C30H32N4O4S. The largest absolute Gasteiger partial charge is 0.484 e. The molecule has 3 amide bonds. The van der Waals surface area contributed by atoms with Crippen molar-refractivity contribution in [2.45, 2.75) is 25.8 Å². The fourth-order valence-corrected chi connectivity index (χ4v) is 5.07. The summed E-state index contributed by atoms with van der Waals surface area (Å²) in [5, 5.41) is 6.76. The quantitative estimate of drug-likeness (QED) is 0.276. The standard InChI is InChI=1S/C30H32N4O4S/c1-21(2)16-31-27(35)19-38-26-14-8-22(9-15-26)17-32-33-29(37)24-10-12-25(13-11-24)30-34(28(36)20-39-30)18-23-6-4-3-5-7-23/h3-15,17,21,30H,16,18-20H2,1-2H3,(H,31,35)(H,33,37). The van der Waals surface area contributed by atoms with E-state index in [0.717, 1.165) is 16.7 Å². The molecule has 202 valence electrons. The molecule has 0 aliphatic carbocycles. The number of rotatable bonds is 11. The molecule has 0 bridgehead atoms. The summed E-state index contributed by atoms with van der Waals surface area (Å²) in [6.07, 6.45) is 1.54. The number of nitrogens with one attached hydrogen (secondary N) is 2. The highest BCUT2D eigenvalue weighted by molar-refractivity contribution is 8.00. The molecule has 1 aliphatic rings. The molecule has 1 saturated heterocycles. The molecule has 4 rings (SSSR count). The Kier molecular flexibility index (Phi) is 9.74. The molecule has 0 radical (unpaired) electrons. The van der Waals surface area contributed by atoms with Crippen LogP contribution in [0.5, 0.6) is 5.75 Å². The first-order valence-electron chi connectivity index (χ1n) is 12.8.